The zero-order chi connectivity index (χ0) is 15.1. The van der Waals surface area contributed by atoms with E-state index in [-0.39, 0.29) is 24.5 Å². The summed E-state index contributed by atoms with van der Waals surface area (Å²) in [6.07, 6.45) is 2.91. The van der Waals surface area contributed by atoms with Crippen molar-refractivity contribution in [3.05, 3.63) is 48.0 Å². The molecule has 2 unspecified atom stereocenters. The van der Waals surface area contributed by atoms with Gasteiger partial charge in [-0.15, -0.1) is 0 Å². The molecule has 1 N–H and O–H groups in total. The molecular weight excluding hydrogens is 274 g/mol. The van der Waals surface area contributed by atoms with Crippen LogP contribution in [-0.2, 0) is 4.79 Å². The molecule has 3 nitrogen and oxygen atoms in total. The second kappa shape index (κ2) is 5.40. The van der Waals surface area contributed by atoms with Crippen LogP contribution in [-0.4, -0.2) is 35.1 Å². The number of hydrogen-bond acceptors (Lipinski definition) is 2. The first-order chi connectivity index (χ1) is 10.8. The summed E-state index contributed by atoms with van der Waals surface area (Å²) in [6.45, 7) is 0.907. The van der Waals surface area contributed by atoms with Gasteiger partial charge in [0, 0.05) is 12.5 Å². The van der Waals surface area contributed by atoms with Gasteiger partial charge in [0.15, 0.2) is 0 Å². The number of aliphatic hydroxyl groups excluding tert-OH is 1. The summed E-state index contributed by atoms with van der Waals surface area (Å²) in [7, 11) is 0. The maximum atomic E-state index is 12.6. The van der Waals surface area contributed by atoms with E-state index >= 15 is 0 Å². The number of aliphatic hydroxyl groups is 1. The second-order valence-corrected chi connectivity index (χ2v) is 6.57. The maximum absolute atomic E-state index is 12.6. The molecule has 3 atom stereocenters. The average molecular weight is 295 g/mol. The standard InChI is InChI=1S/C19H21NO2/c21-12-16-6-3-9-20(16)19(22)18-11-17(18)15-8-7-13-4-1-2-5-14(13)10-15/h1-2,4-5,7-8,10,16-18,21H,3,6,9,11-12H2/t16-,17?,18?/m1/s1. The summed E-state index contributed by atoms with van der Waals surface area (Å²) in [5, 5.41) is 11.9. The molecule has 1 aliphatic heterocycles. The first kappa shape index (κ1) is 13.8. The van der Waals surface area contributed by atoms with Crippen molar-refractivity contribution in [2.75, 3.05) is 13.2 Å². The van der Waals surface area contributed by atoms with Crippen LogP contribution in [0.3, 0.4) is 0 Å². The number of fused-ring (bicyclic) bond motifs is 1. The fourth-order valence-electron chi connectivity index (χ4n) is 3.80. The van der Waals surface area contributed by atoms with E-state index in [4.69, 9.17) is 0 Å². The summed E-state index contributed by atoms with van der Waals surface area (Å²) in [5.41, 5.74) is 1.27. The minimum atomic E-state index is 0.0466. The molecule has 3 heteroatoms. The summed E-state index contributed by atoms with van der Waals surface area (Å²) in [6, 6.07) is 14.9. The Morgan fingerprint density at radius 2 is 2.00 bits per heavy atom. The predicted molar refractivity (Wildman–Crippen MR) is 86.6 cm³/mol. The highest BCUT2D eigenvalue weighted by Gasteiger charge is 2.47. The number of rotatable bonds is 3. The van der Waals surface area contributed by atoms with Gasteiger partial charge < -0.3 is 10.0 Å². The Morgan fingerprint density at radius 3 is 2.82 bits per heavy atom. The third-order valence-electron chi connectivity index (χ3n) is 5.18. The molecule has 0 bridgehead atoms. The van der Waals surface area contributed by atoms with Gasteiger partial charge in [0.1, 0.15) is 0 Å². The molecular formula is C19H21NO2. The Labute approximate surface area is 130 Å². The van der Waals surface area contributed by atoms with Crippen LogP contribution in [0.1, 0.15) is 30.7 Å². The summed E-state index contributed by atoms with van der Waals surface area (Å²) < 4.78 is 0. The van der Waals surface area contributed by atoms with E-state index in [0.717, 1.165) is 25.8 Å². The van der Waals surface area contributed by atoms with Gasteiger partial charge in [0.05, 0.1) is 12.6 Å². The molecule has 0 aromatic heterocycles. The molecule has 1 saturated heterocycles. The van der Waals surface area contributed by atoms with Gasteiger partial charge >= 0.3 is 0 Å². The van der Waals surface area contributed by atoms with Crippen molar-refractivity contribution in [1.82, 2.24) is 4.90 Å². The van der Waals surface area contributed by atoms with Gasteiger partial charge in [0.25, 0.3) is 0 Å². The zero-order valence-electron chi connectivity index (χ0n) is 12.6. The van der Waals surface area contributed by atoms with Crippen molar-refractivity contribution in [3.8, 4) is 0 Å². The average Bonchev–Trinajstić information content (AvgIpc) is 3.22. The Morgan fingerprint density at radius 1 is 1.18 bits per heavy atom. The van der Waals surface area contributed by atoms with Crippen molar-refractivity contribution < 1.29 is 9.90 Å². The quantitative estimate of drug-likeness (QED) is 0.946. The molecule has 1 saturated carbocycles. The van der Waals surface area contributed by atoms with E-state index in [2.05, 4.69) is 36.4 Å². The van der Waals surface area contributed by atoms with Crippen LogP contribution in [0.25, 0.3) is 10.8 Å². The maximum Gasteiger partial charge on any atom is 0.226 e. The van der Waals surface area contributed by atoms with Crippen LogP contribution in [0.2, 0.25) is 0 Å². The van der Waals surface area contributed by atoms with E-state index in [1.807, 2.05) is 11.0 Å². The largest absolute Gasteiger partial charge is 0.394 e. The Bertz CT molecular complexity index is 711. The highest BCUT2D eigenvalue weighted by Crippen LogP contribution is 2.49. The summed E-state index contributed by atoms with van der Waals surface area (Å²) in [5.74, 6) is 0.722. The summed E-state index contributed by atoms with van der Waals surface area (Å²) >= 11 is 0. The number of hydrogen-bond donors (Lipinski definition) is 1. The minimum absolute atomic E-state index is 0.0466. The highest BCUT2D eigenvalue weighted by molar-refractivity contribution is 5.86. The first-order valence-electron chi connectivity index (χ1n) is 8.18. The van der Waals surface area contributed by atoms with Crippen LogP contribution >= 0.6 is 0 Å². The first-order valence-corrected chi connectivity index (χ1v) is 8.18. The third-order valence-corrected chi connectivity index (χ3v) is 5.18. The summed E-state index contributed by atoms with van der Waals surface area (Å²) in [4.78, 5) is 14.5. The lowest BCUT2D eigenvalue weighted by Crippen LogP contribution is -2.38. The van der Waals surface area contributed by atoms with E-state index < -0.39 is 0 Å². The molecule has 2 fully saturated rings. The SMILES string of the molecule is O=C(C1CC1c1ccc2ccccc2c1)N1CCC[C@@H]1CO. The molecule has 1 aliphatic carbocycles. The second-order valence-electron chi connectivity index (χ2n) is 6.57. The Kier molecular flexibility index (Phi) is 3.38. The fraction of sp³-hybridized carbons (Fsp3) is 0.421. The van der Waals surface area contributed by atoms with Crippen molar-refractivity contribution >= 4 is 16.7 Å². The van der Waals surface area contributed by atoms with Crippen LogP contribution in [0.15, 0.2) is 42.5 Å². The topological polar surface area (TPSA) is 40.5 Å². The third kappa shape index (κ3) is 2.30. The number of carbonyl (C=O) groups is 1. The van der Waals surface area contributed by atoms with Crippen molar-refractivity contribution in [2.45, 2.75) is 31.2 Å². The zero-order valence-corrected chi connectivity index (χ0v) is 12.6. The van der Waals surface area contributed by atoms with Crippen LogP contribution in [0.5, 0.6) is 0 Å². The van der Waals surface area contributed by atoms with E-state index in [0.29, 0.717) is 5.92 Å². The lowest BCUT2D eigenvalue weighted by atomic mass is 10.0. The molecule has 114 valence electrons. The lowest BCUT2D eigenvalue weighted by Gasteiger charge is -2.23. The van der Waals surface area contributed by atoms with Gasteiger partial charge in [-0.3, -0.25) is 4.79 Å². The minimum Gasteiger partial charge on any atom is -0.394 e. The van der Waals surface area contributed by atoms with Crippen LogP contribution in [0, 0.1) is 5.92 Å². The molecule has 4 rings (SSSR count). The van der Waals surface area contributed by atoms with Gasteiger partial charge in [-0.2, -0.15) is 0 Å². The van der Waals surface area contributed by atoms with E-state index in [1.165, 1.54) is 16.3 Å². The molecule has 22 heavy (non-hydrogen) atoms. The molecule has 0 radical (unpaired) electrons. The number of carbonyl (C=O) groups excluding carboxylic acids is 1. The molecule has 0 spiro atoms. The number of nitrogens with zero attached hydrogens (tertiary/aromatic N) is 1. The van der Waals surface area contributed by atoms with Gasteiger partial charge in [0.2, 0.25) is 5.91 Å². The molecule has 2 aromatic carbocycles. The normalized spacial score (nSPS) is 27.3. The molecule has 2 aliphatic rings. The number of benzene rings is 2. The highest BCUT2D eigenvalue weighted by atomic mass is 16.3. The lowest BCUT2D eigenvalue weighted by molar-refractivity contribution is -0.134. The van der Waals surface area contributed by atoms with Crippen LogP contribution in [0.4, 0.5) is 0 Å². The number of amides is 1. The Balaban J connectivity index is 1.52. The van der Waals surface area contributed by atoms with Crippen molar-refractivity contribution in [2.24, 2.45) is 5.92 Å². The Hall–Kier alpha value is -1.87. The van der Waals surface area contributed by atoms with Crippen LogP contribution < -0.4 is 0 Å². The van der Waals surface area contributed by atoms with Crippen molar-refractivity contribution in [3.63, 3.8) is 0 Å². The molecule has 1 heterocycles. The fourth-order valence-corrected chi connectivity index (χ4v) is 3.80. The predicted octanol–water partition coefficient (Wildman–Crippen LogP) is 2.93. The smallest absolute Gasteiger partial charge is 0.226 e. The van der Waals surface area contributed by atoms with E-state index in [9.17, 15) is 9.90 Å². The van der Waals surface area contributed by atoms with Gasteiger partial charge in [-0.1, -0.05) is 42.5 Å². The van der Waals surface area contributed by atoms with Gasteiger partial charge in [-0.05, 0) is 41.5 Å². The monoisotopic (exact) mass is 295 g/mol. The van der Waals surface area contributed by atoms with Gasteiger partial charge in [-0.25, -0.2) is 0 Å². The number of likely N-dealkylation sites (tertiary alicyclic amines) is 1. The molecule has 2 aromatic rings. The van der Waals surface area contributed by atoms with E-state index in [1.54, 1.807) is 0 Å². The van der Waals surface area contributed by atoms with Crippen molar-refractivity contribution in [1.29, 1.82) is 0 Å². The molecule has 1 amide bonds.